The van der Waals surface area contributed by atoms with Gasteiger partial charge in [-0.25, -0.2) is 4.37 Å². The fraction of sp³-hybridized carbons (Fsp3) is 0.333. The lowest BCUT2D eigenvalue weighted by molar-refractivity contribution is 0.0938. The Hall–Kier alpha value is -1.76. The Balaban J connectivity index is 2.06. The lowest BCUT2D eigenvalue weighted by atomic mass is 10.2. The van der Waals surface area contributed by atoms with E-state index in [1.165, 1.54) is 11.5 Å². The molecule has 2 heterocycles. The first-order valence-corrected chi connectivity index (χ1v) is 5.56. The Kier molecular flexibility index (Phi) is 2.95. The molecule has 0 spiro atoms. The molecule has 0 bridgehead atoms. The molecule has 0 aliphatic heterocycles. The van der Waals surface area contributed by atoms with Gasteiger partial charge < -0.3 is 9.88 Å². The van der Waals surface area contributed by atoms with Crippen molar-refractivity contribution in [3.05, 3.63) is 29.3 Å². The molecule has 0 fully saturated rings. The molecule has 2 rings (SSSR count). The molecule has 2 aromatic heterocycles. The maximum absolute atomic E-state index is 11.7. The largest absolute Gasteiger partial charge is 0.342 e. The zero-order chi connectivity index (χ0) is 11.5. The van der Waals surface area contributed by atoms with Crippen molar-refractivity contribution in [3.63, 3.8) is 0 Å². The van der Waals surface area contributed by atoms with E-state index in [2.05, 4.69) is 19.9 Å². The Morgan fingerprint density at radius 1 is 1.62 bits per heavy atom. The van der Waals surface area contributed by atoms with Gasteiger partial charge in [-0.3, -0.25) is 4.79 Å². The molecule has 0 aromatic carbocycles. The van der Waals surface area contributed by atoms with Crippen LogP contribution >= 0.6 is 11.5 Å². The van der Waals surface area contributed by atoms with Crippen LogP contribution in [0.25, 0.3) is 0 Å². The van der Waals surface area contributed by atoms with Gasteiger partial charge in [-0.2, -0.15) is 0 Å². The molecule has 1 amide bonds. The van der Waals surface area contributed by atoms with Gasteiger partial charge in [0.15, 0.2) is 5.82 Å². The monoisotopic (exact) mass is 237 g/mol. The average molecular weight is 237 g/mol. The molecule has 0 radical (unpaired) electrons. The van der Waals surface area contributed by atoms with Gasteiger partial charge in [0.1, 0.15) is 6.33 Å². The van der Waals surface area contributed by atoms with Crippen molar-refractivity contribution in [2.75, 3.05) is 0 Å². The summed E-state index contributed by atoms with van der Waals surface area (Å²) in [5.74, 6) is 0.570. The summed E-state index contributed by atoms with van der Waals surface area (Å²) in [6.45, 7) is 1.86. The smallest absolute Gasteiger partial charge is 0.254 e. The van der Waals surface area contributed by atoms with Gasteiger partial charge in [-0.1, -0.05) is 0 Å². The van der Waals surface area contributed by atoms with E-state index in [0.29, 0.717) is 5.56 Å². The molecule has 1 unspecified atom stereocenters. The number of amides is 1. The lowest BCUT2D eigenvalue weighted by Crippen LogP contribution is -2.28. The predicted molar refractivity (Wildman–Crippen MR) is 59.0 cm³/mol. The van der Waals surface area contributed by atoms with Gasteiger partial charge in [0.2, 0.25) is 0 Å². The molecule has 2 aromatic rings. The van der Waals surface area contributed by atoms with Crippen LogP contribution < -0.4 is 5.32 Å². The maximum atomic E-state index is 11.7. The Labute approximate surface area is 96.5 Å². The van der Waals surface area contributed by atoms with Gasteiger partial charge >= 0.3 is 0 Å². The molecular formula is C9H11N5OS. The molecule has 1 atom stereocenters. The van der Waals surface area contributed by atoms with Crippen molar-refractivity contribution in [2.24, 2.45) is 7.05 Å². The molecule has 1 N–H and O–H groups in total. The summed E-state index contributed by atoms with van der Waals surface area (Å²) < 4.78 is 5.65. The van der Waals surface area contributed by atoms with Crippen LogP contribution in [0.15, 0.2) is 17.9 Å². The van der Waals surface area contributed by atoms with Crippen molar-refractivity contribution in [2.45, 2.75) is 13.0 Å². The van der Waals surface area contributed by atoms with E-state index in [1.54, 1.807) is 22.5 Å². The molecule has 0 saturated carbocycles. The van der Waals surface area contributed by atoms with Crippen molar-refractivity contribution >= 4 is 17.4 Å². The molecule has 0 aliphatic carbocycles. The first-order valence-electron chi connectivity index (χ1n) is 4.72. The van der Waals surface area contributed by atoms with Gasteiger partial charge in [0.05, 0.1) is 17.8 Å². The summed E-state index contributed by atoms with van der Waals surface area (Å²) in [4.78, 5) is 11.7. The molecule has 16 heavy (non-hydrogen) atoms. The molecule has 84 valence electrons. The topological polar surface area (TPSA) is 72.7 Å². The summed E-state index contributed by atoms with van der Waals surface area (Å²) >= 11 is 1.25. The minimum absolute atomic E-state index is 0.149. The van der Waals surface area contributed by atoms with Crippen molar-refractivity contribution in [1.82, 2.24) is 24.5 Å². The molecule has 0 aliphatic rings. The number of carbonyl (C=O) groups excluding carboxylic acids is 1. The Morgan fingerprint density at radius 3 is 3.00 bits per heavy atom. The summed E-state index contributed by atoms with van der Waals surface area (Å²) in [6.07, 6.45) is 3.15. The van der Waals surface area contributed by atoms with E-state index >= 15 is 0 Å². The Morgan fingerprint density at radius 2 is 2.44 bits per heavy atom. The Bertz CT molecular complexity index is 478. The molecular weight excluding hydrogens is 226 g/mol. The maximum Gasteiger partial charge on any atom is 0.254 e. The summed E-state index contributed by atoms with van der Waals surface area (Å²) in [5.41, 5.74) is 0.569. The van der Waals surface area contributed by atoms with E-state index in [-0.39, 0.29) is 11.9 Å². The van der Waals surface area contributed by atoms with Crippen LogP contribution in [0.5, 0.6) is 0 Å². The van der Waals surface area contributed by atoms with Crippen LogP contribution in [0.4, 0.5) is 0 Å². The second-order valence-electron chi connectivity index (χ2n) is 3.41. The number of aryl methyl sites for hydroxylation is 1. The van der Waals surface area contributed by atoms with E-state index in [4.69, 9.17) is 0 Å². The third-order valence-corrected chi connectivity index (χ3v) is 2.76. The number of aromatic nitrogens is 4. The number of nitrogens with one attached hydrogen (secondary N) is 1. The predicted octanol–water partition coefficient (Wildman–Crippen LogP) is 0.763. The average Bonchev–Trinajstić information content (AvgIpc) is 2.86. The fourth-order valence-electron chi connectivity index (χ4n) is 1.35. The SMILES string of the molecule is CC(NC(=O)c1cnsc1)c1nncn1C. The van der Waals surface area contributed by atoms with Crippen molar-refractivity contribution < 1.29 is 4.79 Å². The second kappa shape index (κ2) is 4.40. The third kappa shape index (κ3) is 2.08. The van der Waals surface area contributed by atoms with E-state index in [1.807, 2.05) is 14.0 Å². The zero-order valence-electron chi connectivity index (χ0n) is 8.91. The molecule has 7 heteroatoms. The fourth-order valence-corrected chi connectivity index (χ4v) is 1.86. The van der Waals surface area contributed by atoms with Crippen LogP contribution in [0.2, 0.25) is 0 Å². The number of rotatable bonds is 3. The second-order valence-corrected chi connectivity index (χ2v) is 4.07. The normalized spacial score (nSPS) is 12.4. The number of hydrogen-bond donors (Lipinski definition) is 1. The third-order valence-electron chi connectivity index (χ3n) is 2.18. The minimum atomic E-state index is -0.181. The van der Waals surface area contributed by atoms with Crippen molar-refractivity contribution in [3.8, 4) is 0 Å². The first kappa shape index (κ1) is 10.7. The van der Waals surface area contributed by atoms with E-state index < -0.39 is 0 Å². The lowest BCUT2D eigenvalue weighted by Gasteiger charge is -2.11. The standard InChI is InChI=1S/C9H11N5OS/c1-6(8-13-10-5-14(8)2)12-9(15)7-3-11-16-4-7/h3-6H,1-2H3,(H,12,15). The summed E-state index contributed by atoms with van der Waals surface area (Å²) in [5, 5.41) is 12.2. The van der Waals surface area contributed by atoms with Crippen LogP contribution in [0.3, 0.4) is 0 Å². The van der Waals surface area contributed by atoms with Gasteiger partial charge in [0, 0.05) is 12.4 Å². The highest BCUT2D eigenvalue weighted by molar-refractivity contribution is 7.03. The quantitative estimate of drug-likeness (QED) is 0.855. The number of nitrogens with zero attached hydrogens (tertiary/aromatic N) is 4. The summed E-state index contributed by atoms with van der Waals surface area (Å²) in [7, 11) is 1.84. The number of carbonyl (C=O) groups is 1. The van der Waals surface area contributed by atoms with Gasteiger partial charge in [-0.15, -0.1) is 10.2 Å². The van der Waals surface area contributed by atoms with Crippen molar-refractivity contribution in [1.29, 1.82) is 0 Å². The first-order chi connectivity index (χ1) is 7.68. The van der Waals surface area contributed by atoms with Crippen LogP contribution in [0.1, 0.15) is 29.1 Å². The highest BCUT2D eigenvalue weighted by atomic mass is 32.1. The molecule has 6 nitrogen and oxygen atoms in total. The van der Waals surface area contributed by atoms with E-state index in [9.17, 15) is 4.79 Å². The van der Waals surface area contributed by atoms with E-state index in [0.717, 1.165) is 5.82 Å². The van der Waals surface area contributed by atoms with Crippen LogP contribution in [0, 0.1) is 0 Å². The molecule has 0 saturated heterocycles. The van der Waals surface area contributed by atoms with Gasteiger partial charge in [-0.05, 0) is 18.5 Å². The highest BCUT2D eigenvalue weighted by Crippen LogP contribution is 2.09. The summed E-state index contributed by atoms with van der Waals surface area (Å²) in [6, 6.07) is -0.181. The van der Waals surface area contributed by atoms with Crippen LogP contribution in [-0.4, -0.2) is 25.0 Å². The zero-order valence-corrected chi connectivity index (χ0v) is 9.73. The highest BCUT2D eigenvalue weighted by Gasteiger charge is 2.15. The minimum Gasteiger partial charge on any atom is -0.342 e. The number of hydrogen-bond acceptors (Lipinski definition) is 5. The van der Waals surface area contributed by atoms with Gasteiger partial charge in [0.25, 0.3) is 5.91 Å². The van der Waals surface area contributed by atoms with Crippen LogP contribution in [-0.2, 0) is 7.05 Å².